The van der Waals surface area contributed by atoms with Crippen LogP contribution in [0.4, 0.5) is 0 Å². The summed E-state index contributed by atoms with van der Waals surface area (Å²) in [5.41, 5.74) is 7.37. The van der Waals surface area contributed by atoms with Gasteiger partial charge in [-0.05, 0) is 71.4 Å². The number of fused-ring (bicyclic) bond motifs is 2. The number of aromatic amines is 1. The van der Waals surface area contributed by atoms with E-state index in [9.17, 15) is 4.79 Å². The van der Waals surface area contributed by atoms with E-state index in [1.807, 2.05) is 18.2 Å². The molecule has 0 fully saturated rings. The number of esters is 1. The quantitative estimate of drug-likeness (QED) is 0.207. The number of hydrogen-bond donors (Lipinski definition) is 2. The van der Waals surface area contributed by atoms with Gasteiger partial charge < -0.3 is 19.6 Å². The lowest BCUT2D eigenvalue weighted by atomic mass is 10.0. The molecule has 0 saturated carbocycles. The minimum absolute atomic E-state index is 0.00334. The van der Waals surface area contributed by atoms with Crippen molar-refractivity contribution in [2.45, 2.75) is 31.8 Å². The number of para-hydroxylation sites is 1. The van der Waals surface area contributed by atoms with Crippen molar-refractivity contribution in [1.82, 2.24) is 9.88 Å². The Morgan fingerprint density at radius 2 is 2.03 bits per heavy atom. The summed E-state index contributed by atoms with van der Waals surface area (Å²) in [5, 5.41) is 10.4. The minimum Gasteiger partial charge on any atom is -0.491 e. The van der Waals surface area contributed by atoms with Gasteiger partial charge in [0.05, 0.1) is 13.7 Å². The summed E-state index contributed by atoms with van der Waals surface area (Å²) in [5.74, 6) is 0.430. The first-order chi connectivity index (χ1) is 18.6. The summed E-state index contributed by atoms with van der Waals surface area (Å²) in [6.07, 6.45) is 8.40. The molecule has 0 radical (unpaired) electrons. The molecule has 6 heteroatoms. The molecule has 38 heavy (non-hydrogen) atoms. The number of aliphatic hydroxyl groups excluding tert-OH is 1. The third-order valence-electron chi connectivity index (χ3n) is 7.25. The fraction of sp³-hybridized carbons (Fsp3) is 0.281. The average molecular weight is 511 g/mol. The first-order valence-electron chi connectivity index (χ1n) is 13.1. The summed E-state index contributed by atoms with van der Waals surface area (Å²) in [6.45, 7) is 2.00. The van der Waals surface area contributed by atoms with E-state index >= 15 is 0 Å². The lowest BCUT2D eigenvalue weighted by molar-refractivity contribution is -0.134. The number of nitrogens with zero attached hydrogens (tertiary/aromatic N) is 1. The van der Waals surface area contributed by atoms with Crippen LogP contribution in [0.1, 0.15) is 40.3 Å². The number of carbonyl (C=O) groups is 1. The number of methoxy groups -OCH3 is 1. The van der Waals surface area contributed by atoms with Crippen molar-refractivity contribution < 1.29 is 19.4 Å². The third kappa shape index (κ3) is 5.98. The molecule has 1 heterocycles. The fourth-order valence-electron chi connectivity index (χ4n) is 5.41. The van der Waals surface area contributed by atoms with Crippen molar-refractivity contribution in [2.24, 2.45) is 0 Å². The molecule has 0 spiro atoms. The molecule has 2 N–H and O–H groups in total. The molecule has 6 nitrogen and oxygen atoms in total. The zero-order valence-electron chi connectivity index (χ0n) is 21.7. The Hall–Kier alpha value is -3.87. The van der Waals surface area contributed by atoms with Crippen LogP contribution in [0, 0.1) is 0 Å². The number of aryl methyl sites for hydroxylation is 1. The number of aromatic nitrogens is 1. The van der Waals surface area contributed by atoms with Gasteiger partial charge in [0.25, 0.3) is 0 Å². The molecule has 0 bridgehead atoms. The lowest BCUT2D eigenvalue weighted by Gasteiger charge is -2.30. The molecule has 3 aromatic carbocycles. The topological polar surface area (TPSA) is 74.8 Å². The predicted octanol–water partition coefficient (Wildman–Crippen LogP) is 5.46. The zero-order valence-corrected chi connectivity index (χ0v) is 21.7. The Kier molecular flexibility index (Phi) is 8.22. The van der Waals surface area contributed by atoms with E-state index in [1.54, 1.807) is 0 Å². The standard InChI is InChI=1S/C32H34N2O4/c1-37-32(36)14-10-23-9-12-29-25(19-23)11-13-31(29)34(22-24-5-4-6-27(20-24)38-18-17-35)16-15-26-21-33-30-8-3-2-7-28(26)30/h2-10,12,14,19-21,31,33,35H,11,13,15-18,22H2,1H3. The highest BCUT2D eigenvalue weighted by Gasteiger charge is 2.28. The Balaban J connectivity index is 1.39. The zero-order chi connectivity index (χ0) is 26.3. The Labute approximate surface area is 223 Å². The van der Waals surface area contributed by atoms with Crippen molar-refractivity contribution in [3.63, 3.8) is 0 Å². The Bertz CT molecular complexity index is 1420. The molecule has 1 aromatic heterocycles. The van der Waals surface area contributed by atoms with Gasteiger partial charge in [0.1, 0.15) is 12.4 Å². The normalized spacial score (nSPS) is 14.9. The second-order valence-electron chi connectivity index (χ2n) is 9.67. The molecular weight excluding hydrogens is 476 g/mol. The SMILES string of the molecule is COC(=O)C=Cc1ccc2c(c1)CCC2N(CCc1c[nH]c2ccccc12)Cc1cccc(OCCO)c1. The smallest absolute Gasteiger partial charge is 0.330 e. The summed E-state index contributed by atoms with van der Waals surface area (Å²) < 4.78 is 10.4. The van der Waals surface area contributed by atoms with E-state index in [0.29, 0.717) is 6.04 Å². The maximum absolute atomic E-state index is 11.5. The van der Waals surface area contributed by atoms with Crippen molar-refractivity contribution in [3.8, 4) is 5.75 Å². The van der Waals surface area contributed by atoms with Gasteiger partial charge in [-0.15, -0.1) is 0 Å². The lowest BCUT2D eigenvalue weighted by Crippen LogP contribution is -2.29. The van der Waals surface area contributed by atoms with Crippen LogP contribution in [-0.4, -0.2) is 47.8 Å². The van der Waals surface area contributed by atoms with Crippen molar-refractivity contribution in [3.05, 3.63) is 107 Å². The van der Waals surface area contributed by atoms with Gasteiger partial charge in [0.15, 0.2) is 0 Å². The van der Waals surface area contributed by atoms with Gasteiger partial charge >= 0.3 is 5.97 Å². The van der Waals surface area contributed by atoms with E-state index in [0.717, 1.165) is 43.7 Å². The summed E-state index contributed by atoms with van der Waals surface area (Å²) in [4.78, 5) is 17.5. The van der Waals surface area contributed by atoms with E-state index in [2.05, 4.69) is 70.7 Å². The average Bonchev–Trinajstić information content (AvgIpc) is 3.57. The van der Waals surface area contributed by atoms with Gasteiger partial charge in [-0.2, -0.15) is 0 Å². The van der Waals surface area contributed by atoms with Gasteiger partial charge in [-0.25, -0.2) is 4.79 Å². The van der Waals surface area contributed by atoms with Crippen LogP contribution in [-0.2, 0) is 28.9 Å². The number of nitrogens with one attached hydrogen (secondary N) is 1. The van der Waals surface area contributed by atoms with Crippen LogP contribution in [0.5, 0.6) is 5.75 Å². The molecule has 1 aliphatic rings. The van der Waals surface area contributed by atoms with E-state index in [4.69, 9.17) is 14.6 Å². The van der Waals surface area contributed by atoms with Crippen LogP contribution in [0.3, 0.4) is 0 Å². The van der Waals surface area contributed by atoms with E-state index in [1.165, 1.54) is 46.3 Å². The van der Waals surface area contributed by atoms with Crippen molar-refractivity contribution in [1.29, 1.82) is 0 Å². The fourth-order valence-corrected chi connectivity index (χ4v) is 5.41. The number of H-pyrrole nitrogens is 1. The van der Waals surface area contributed by atoms with Gasteiger partial charge in [0.2, 0.25) is 0 Å². The number of carbonyl (C=O) groups excluding carboxylic acids is 1. The molecule has 4 aromatic rings. The molecule has 196 valence electrons. The predicted molar refractivity (Wildman–Crippen MR) is 150 cm³/mol. The monoisotopic (exact) mass is 510 g/mol. The van der Waals surface area contributed by atoms with Crippen LogP contribution in [0.2, 0.25) is 0 Å². The highest BCUT2D eigenvalue weighted by atomic mass is 16.5. The number of hydrogen-bond acceptors (Lipinski definition) is 5. The third-order valence-corrected chi connectivity index (χ3v) is 7.25. The van der Waals surface area contributed by atoms with E-state index < -0.39 is 0 Å². The number of ether oxygens (including phenoxy) is 2. The van der Waals surface area contributed by atoms with Gasteiger partial charge in [-0.3, -0.25) is 4.90 Å². The van der Waals surface area contributed by atoms with Crippen LogP contribution in [0.15, 0.2) is 79.0 Å². The van der Waals surface area contributed by atoms with Crippen molar-refractivity contribution >= 4 is 22.9 Å². The van der Waals surface area contributed by atoms with Crippen molar-refractivity contribution in [2.75, 3.05) is 26.9 Å². The molecule has 1 aliphatic carbocycles. The minimum atomic E-state index is -0.350. The highest BCUT2D eigenvalue weighted by molar-refractivity contribution is 5.87. The second kappa shape index (κ2) is 12.1. The largest absolute Gasteiger partial charge is 0.491 e. The second-order valence-corrected chi connectivity index (χ2v) is 9.67. The van der Waals surface area contributed by atoms with Crippen LogP contribution in [0.25, 0.3) is 17.0 Å². The van der Waals surface area contributed by atoms with E-state index in [-0.39, 0.29) is 19.2 Å². The van der Waals surface area contributed by atoms with Crippen LogP contribution < -0.4 is 4.74 Å². The maximum Gasteiger partial charge on any atom is 0.330 e. The van der Waals surface area contributed by atoms with Crippen LogP contribution >= 0.6 is 0 Å². The molecule has 0 aliphatic heterocycles. The Morgan fingerprint density at radius 3 is 2.89 bits per heavy atom. The van der Waals surface area contributed by atoms with Gasteiger partial charge in [0, 0.05) is 42.3 Å². The first-order valence-corrected chi connectivity index (χ1v) is 13.1. The number of benzene rings is 3. The molecular formula is C32H34N2O4. The maximum atomic E-state index is 11.5. The summed E-state index contributed by atoms with van der Waals surface area (Å²) in [7, 11) is 1.39. The summed E-state index contributed by atoms with van der Waals surface area (Å²) in [6, 6.07) is 23.4. The molecule has 1 unspecified atom stereocenters. The molecule has 0 amide bonds. The Morgan fingerprint density at radius 1 is 1.13 bits per heavy atom. The molecule has 1 atom stereocenters. The highest BCUT2D eigenvalue weighted by Crippen LogP contribution is 2.38. The summed E-state index contributed by atoms with van der Waals surface area (Å²) >= 11 is 0. The first kappa shape index (κ1) is 25.8. The molecule has 0 saturated heterocycles. The number of aliphatic hydroxyl groups is 1. The molecule has 5 rings (SSSR count). The number of rotatable bonds is 11. The van der Waals surface area contributed by atoms with Gasteiger partial charge in [-0.1, -0.05) is 48.5 Å².